The highest BCUT2D eigenvalue weighted by Crippen LogP contribution is 2.24. The van der Waals surface area contributed by atoms with Crippen molar-refractivity contribution in [1.82, 2.24) is 4.98 Å². The van der Waals surface area contributed by atoms with Crippen LogP contribution in [-0.4, -0.2) is 30.2 Å². The molecule has 1 N–H and O–H groups in total. The lowest BCUT2D eigenvalue weighted by atomic mass is 10.1. The van der Waals surface area contributed by atoms with E-state index in [2.05, 4.69) is 10.3 Å². The molecular weight excluding hydrogens is 368 g/mol. The number of oxazole rings is 1. The average molecular weight is 392 g/mol. The number of nitrogens with zero attached hydrogens (tertiary/aromatic N) is 1. The maximum Gasteiger partial charge on any atom is 0.255 e. The monoisotopic (exact) mass is 392 g/mol. The molecule has 150 valence electrons. The molecule has 0 saturated carbocycles. The molecule has 1 saturated heterocycles. The highest BCUT2D eigenvalue weighted by atomic mass is 16.5. The molecule has 4 rings (SSSR count). The van der Waals surface area contributed by atoms with E-state index >= 15 is 0 Å². The standard InChI is InChI=1S/C23H24N2O4/c1-15-16(2)29-23(24-15)18-5-3-6-19(13-18)25-22(26)17-8-10-20(11-9-17)28-14-21-7-4-12-27-21/h3,5-6,8-11,13,21H,4,7,12,14H2,1-2H3,(H,25,26)/t21-/m1/s1. The fourth-order valence-electron chi connectivity index (χ4n) is 3.20. The van der Waals surface area contributed by atoms with E-state index in [0.717, 1.165) is 42.2 Å². The largest absolute Gasteiger partial charge is 0.491 e. The van der Waals surface area contributed by atoms with Crippen LogP contribution < -0.4 is 10.1 Å². The smallest absolute Gasteiger partial charge is 0.255 e. The normalized spacial score (nSPS) is 16.0. The van der Waals surface area contributed by atoms with Crippen molar-refractivity contribution in [3.63, 3.8) is 0 Å². The van der Waals surface area contributed by atoms with Crippen LogP contribution in [0.1, 0.15) is 34.7 Å². The van der Waals surface area contributed by atoms with Crippen molar-refractivity contribution in [2.45, 2.75) is 32.8 Å². The third kappa shape index (κ3) is 4.66. The van der Waals surface area contributed by atoms with Crippen molar-refractivity contribution in [3.05, 3.63) is 65.5 Å². The van der Waals surface area contributed by atoms with Crippen LogP contribution in [-0.2, 0) is 4.74 Å². The van der Waals surface area contributed by atoms with Gasteiger partial charge in [-0.1, -0.05) is 6.07 Å². The maximum absolute atomic E-state index is 12.6. The predicted octanol–water partition coefficient (Wildman–Crippen LogP) is 4.77. The first kappa shape index (κ1) is 19.2. The average Bonchev–Trinajstić information content (AvgIpc) is 3.37. The lowest BCUT2D eigenvalue weighted by molar-refractivity contribution is 0.0679. The van der Waals surface area contributed by atoms with Crippen LogP contribution in [0.15, 0.2) is 52.9 Å². The summed E-state index contributed by atoms with van der Waals surface area (Å²) in [5.41, 5.74) is 2.91. The highest BCUT2D eigenvalue weighted by molar-refractivity contribution is 6.04. The Morgan fingerprint density at radius 1 is 1.21 bits per heavy atom. The lowest BCUT2D eigenvalue weighted by Gasteiger charge is -2.12. The molecule has 2 aromatic carbocycles. The number of hydrogen-bond donors (Lipinski definition) is 1. The molecule has 29 heavy (non-hydrogen) atoms. The fourth-order valence-corrected chi connectivity index (χ4v) is 3.20. The molecule has 6 heteroatoms. The predicted molar refractivity (Wildman–Crippen MR) is 110 cm³/mol. The second-order valence-electron chi connectivity index (χ2n) is 7.17. The molecule has 1 aliphatic rings. The number of nitrogens with one attached hydrogen (secondary N) is 1. The molecule has 0 unspecified atom stereocenters. The van der Waals surface area contributed by atoms with Gasteiger partial charge in [0.25, 0.3) is 5.91 Å². The van der Waals surface area contributed by atoms with Crippen LogP contribution in [0, 0.1) is 13.8 Å². The van der Waals surface area contributed by atoms with E-state index < -0.39 is 0 Å². The van der Waals surface area contributed by atoms with Crippen molar-refractivity contribution >= 4 is 11.6 Å². The second kappa shape index (κ2) is 8.49. The van der Waals surface area contributed by atoms with Crippen molar-refractivity contribution in [3.8, 4) is 17.2 Å². The number of aryl methyl sites for hydroxylation is 2. The van der Waals surface area contributed by atoms with E-state index in [4.69, 9.17) is 13.9 Å². The summed E-state index contributed by atoms with van der Waals surface area (Å²) in [7, 11) is 0. The Balaban J connectivity index is 1.39. The number of carbonyl (C=O) groups excluding carboxylic acids is 1. The number of carbonyl (C=O) groups is 1. The number of benzene rings is 2. The highest BCUT2D eigenvalue weighted by Gasteiger charge is 2.16. The Labute approximate surface area is 169 Å². The van der Waals surface area contributed by atoms with Gasteiger partial charge < -0.3 is 19.2 Å². The van der Waals surface area contributed by atoms with Gasteiger partial charge in [0.05, 0.1) is 11.8 Å². The van der Waals surface area contributed by atoms with Gasteiger partial charge in [-0.05, 0) is 69.2 Å². The summed E-state index contributed by atoms with van der Waals surface area (Å²) >= 11 is 0. The maximum atomic E-state index is 12.6. The van der Waals surface area contributed by atoms with Gasteiger partial charge in [0.15, 0.2) is 0 Å². The van der Waals surface area contributed by atoms with Crippen LogP contribution in [0.25, 0.3) is 11.5 Å². The zero-order chi connectivity index (χ0) is 20.2. The first-order valence-electron chi connectivity index (χ1n) is 9.79. The summed E-state index contributed by atoms with van der Waals surface area (Å²) in [6.07, 6.45) is 2.29. The molecule has 1 atom stereocenters. The Hall–Kier alpha value is -3.12. The molecule has 1 aliphatic heterocycles. The van der Waals surface area contributed by atoms with Gasteiger partial charge in [-0.25, -0.2) is 4.98 Å². The SMILES string of the molecule is Cc1nc(-c2cccc(NC(=O)c3ccc(OC[C@H]4CCCO4)cc3)c2)oc1C. The Morgan fingerprint density at radius 2 is 2.03 bits per heavy atom. The van der Waals surface area contributed by atoms with Crippen LogP contribution in [0.5, 0.6) is 5.75 Å². The second-order valence-corrected chi connectivity index (χ2v) is 7.17. The van der Waals surface area contributed by atoms with Gasteiger partial charge in [-0.3, -0.25) is 4.79 Å². The van der Waals surface area contributed by atoms with Gasteiger partial charge in [0, 0.05) is 23.4 Å². The van der Waals surface area contributed by atoms with Crippen LogP contribution >= 0.6 is 0 Å². The molecule has 3 aromatic rings. The third-order valence-corrected chi connectivity index (χ3v) is 4.97. The van der Waals surface area contributed by atoms with E-state index in [9.17, 15) is 4.79 Å². The minimum absolute atomic E-state index is 0.168. The van der Waals surface area contributed by atoms with Crippen LogP contribution in [0.4, 0.5) is 5.69 Å². The van der Waals surface area contributed by atoms with Gasteiger partial charge in [-0.2, -0.15) is 0 Å². The van der Waals surface area contributed by atoms with Crippen molar-refractivity contribution in [2.24, 2.45) is 0 Å². The Bertz CT molecular complexity index is 969. The van der Waals surface area contributed by atoms with Gasteiger partial charge in [-0.15, -0.1) is 0 Å². The summed E-state index contributed by atoms with van der Waals surface area (Å²) in [5.74, 6) is 1.88. The van der Waals surface area contributed by atoms with Crippen molar-refractivity contribution < 1.29 is 18.7 Å². The molecule has 0 radical (unpaired) electrons. The zero-order valence-electron chi connectivity index (χ0n) is 16.6. The third-order valence-electron chi connectivity index (χ3n) is 4.97. The number of hydrogen-bond acceptors (Lipinski definition) is 5. The molecule has 6 nitrogen and oxygen atoms in total. The van der Waals surface area contributed by atoms with E-state index in [-0.39, 0.29) is 12.0 Å². The number of aromatic nitrogens is 1. The summed E-state index contributed by atoms with van der Waals surface area (Å²) in [5, 5.41) is 2.92. The minimum Gasteiger partial charge on any atom is -0.491 e. The molecule has 2 heterocycles. The summed E-state index contributed by atoms with van der Waals surface area (Å²) in [6, 6.07) is 14.6. The van der Waals surface area contributed by atoms with E-state index in [1.165, 1.54) is 0 Å². The van der Waals surface area contributed by atoms with E-state index in [1.54, 1.807) is 24.3 Å². The molecule has 0 spiro atoms. The van der Waals surface area contributed by atoms with Gasteiger partial charge in [0.1, 0.15) is 18.1 Å². The van der Waals surface area contributed by atoms with Crippen molar-refractivity contribution in [2.75, 3.05) is 18.5 Å². The van der Waals surface area contributed by atoms with E-state index in [0.29, 0.717) is 23.7 Å². The summed E-state index contributed by atoms with van der Waals surface area (Å²) < 4.78 is 17.0. The quantitative estimate of drug-likeness (QED) is 0.654. The summed E-state index contributed by atoms with van der Waals surface area (Å²) in [6.45, 7) is 5.13. The first-order chi connectivity index (χ1) is 14.1. The van der Waals surface area contributed by atoms with Gasteiger partial charge in [0.2, 0.25) is 5.89 Å². The molecule has 1 fully saturated rings. The van der Waals surface area contributed by atoms with Crippen LogP contribution in [0.2, 0.25) is 0 Å². The number of anilines is 1. The van der Waals surface area contributed by atoms with Crippen LogP contribution in [0.3, 0.4) is 0 Å². The molecule has 1 amide bonds. The summed E-state index contributed by atoms with van der Waals surface area (Å²) in [4.78, 5) is 17.0. The Kier molecular flexibility index (Phi) is 5.62. The zero-order valence-corrected chi connectivity index (χ0v) is 16.6. The topological polar surface area (TPSA) is 73.6 Å². The molecule has 0 bridgehead atoms. The molecule has 0 aliphatic carbocycles. The number of amides is 1. The Morgan fingerprint density at radius 3 is 2.72 bits per heavy atom. The lowest BCUT2D eigenvalue weighted by Crippen LogP contribution is -2.16. The fraction of sp³-hybridized carbons (Fsp3) is 0.304. The number of ether oxygens (including phenoxy) is 2. The van der Waals surface area contributed by atoms with E-state index in [1.807, 2.05) is 38.1 Å². The minimum atomic E-state index is -0.187. The first-order valence-corrected chi connectivity index (χ1v) is 9.79. The van der Waals surface area contributed by atoms with Crippen molar-refractivity contribution in [1.29, 1.82) is 0 Å². The molecular formula is C23H24N2O4. The molecule has 1 aromatic heterocycles. The van der Waals surface area contributed by atoms with Gasteiger partial charge >= 0.3 is 0 Å². The number of rotatable bonds is 6.